The molecule has 1 rings (SSSR count). The van der Waals surface area contributed by atoms with Crippen LogP contribution in [0.15, 0.2) is 0 Å². The van der Waals surface area contributed by atoms with Gasteiger partial charge in [0.15, 0.2) is 0 Å². The van der Waals surface area contributed by atoms with E-state index in [4.69, 9.17) is 5.73 Å². The summed E-state index contributed by atoms with van der Waals surface area (Å²) in [4.78, 5) is 13.5. The van der Waals surface area contributed by atoms with Crippen LogP contribution in [0, 0.1) is 5.92 Å². The van der Waals surface area contributed by atoms with Gasteiger partial charge in [0.05, 0.1) is 6.04 Å². The maximum Gasteiger partial charge on any atom is 0.236 e. The highest BCUT2D eigenvalue weighted by molar-refractivity contribution is 5.81. The van der Waals surface area contributed by atoms with Crippen molar-refractivity contribution >= 4 is 5.91 Å². The Labute approximate surface area is 85.8 Å². The molecule has 2 unspecified atom stereocenters. The molecule has 82 valence electrons. The summed E-state index contributed by atoms with van der Waals surface area (Å²) in [6, 6.07) is -0.337. The van der Waals surface area contributed by atoms with E-state index in [0.717, 1.165) is 13.0 Å². The highest BCUT2D eigenvalue weighted by Crippen LogP contribution is 2.19. The lowest BCUT2D eigenvalue weighted by atomic mass is 9.91. The van der Waals surface area contributed by atoms with Crippen molar-refractivity contribution in [3.05, 3.63) is 0 Å². The Balaban J connectivity index is 2.32. The number of carbonyl (C=O) groups excluding carboxylic acids is 1. The average molecular weight is 199 g/mol. The van der Waals surface area contributed by atoms with E-state index in [1.165, 1.54) is 19.4 Å². The normalized spacial score (nSPS) is 25.8. The van der Waals surface area contributed by atoms with E-state index in [-0.39, 0.29) is 11.9 Å². The molecule has 0 saturated carbocycles. The van der Waals surface area contributed by atoms with Crippen molar-refractivity contribution in [2.75, 3.05) is 27.2 Å². The van der Waals surface area contributed by atoms with Gasteiger partial charge in [-0.25, -0.2) is 0 Å². The first-order chi connectivity index (χ1) is 6.63. The lowest BCUT2D eigenvalue weighted by molar-refractivity contribution is -0.122. The number of amides is 1. The Morgan fingerprint density at radius 3 is 3.00 bits per heavy atom. The highest BCUT2D eigenvalue weighted by Gasteiger charge is 2.22. The third kappa shape index (κ3) is 3.27. The molecule has 1 heterocycles. The zero-order chi connectivity index (χ0) is 10.6. The summed E-state index contributed by atoms with van der Waals surface area (Å²) in [5, 5.41) is 2.59. The van der Waals surface area contributed by atoms with Crippen LogP contribution in [0.2, 0.25) is 0 Å². The molecule has 4 heteroatoms. The van der Waals surface area contributed by atoms with Crippen LogP contribution < -0.4 is 11.1 Å². The van der Waals surface area contributed by atoms with Gasteiger partial charge in [-0.3, -0.25) is 4.79 Å². The monoisotopic (exact) mass is 199 g/mol. The molecule has 1 amide bonds. The van der Waals surface area contributed by atoms with Gasteiger partial charge >= 0.3 is 0 Å². The summed E-state index contributed by atoms with van der Waals surface area (Å²) in [6.07, 6.45) is 3.24. The van der Waals surface area contributed by atoms with E-state index < -0.39 is 0 Å². The van der Waals surface area contributed by atoms with Crippen LogP contribution in [0.5, 0.6) is 0 Å². The Bertz CT molecular complexity index is 196. The Morgan fingerprint density at radius 1 is 1.71 bits per heavy atom. The van der Waals surface area contributed by atoms with Gasteiger partial charge in [-0.2, -0.15) is 0 Å². The minimum atomic E-state index is -0.337. The number of rotatable bonds is 3. The molecule has 0 aromatic rings. The van der Waals surface area contributed by atoms with Gasteiger partial charge in [-0.15, -0.1) is 0 Å². The molecule has 0 spiro atoms. The maximum atomic E-state index is 11.2. The number of hydrogen-bond donors (Lipinski definition) is 2. The molecular weight excluding hydrogens is 178 g/mol. The number of hydrogen-bond acceptors (Lipinski definition) is 3. The SMILES string of the molecule is CNC(=O)C(N)CC1CCCN(C)C1. The van der Waals surface area contributed by atoms with Crippen molar-refractivity contribution in [3.8, 4) is 0 Å². The average Bonchev–Trinajstić information content (AvgIpc) is 2.16. The summed E-state index contributed by atoms with van der Waals surface area (Å²) in [5.41, 5.74) is 5.77. The molecule has 2 atom stereocenters. The second kappa shape index (κ2) is 5.32. The first kappa shape index (κ1) is 11.5. The summed E-state index contributed by atoms with van der Waals surface area (Å²) in [5.74, 6) is 0.541. The molecule has 0 bridgehead atoms. The fraction of sp³-hybridized carbons (Fsp3) is 0.900. The lowest BCUT2D eigenvalue weighted by Crippen LogP contribution is -2.42. The van der Waals surface area contributed by atoms with Crippen molar-refractivity contribution < 1.29 is 4.79 Å². The Hall–Kier alpha value is -0.610. The smallest absolute Gasteiger partial charge is 0.236 e. The highest BCUT2D eigenvalue weighted by atomic mass is 16.2. The van der Waals surface area contributed by atoms with Crippen molar-refractivity contribution in [1.82, 2.24) is 10.2 Å². The van der Waals surface area contributed by atoms with Crippen molar-refractivity contribution in [2.24, 2.45) is 11.7 Å². The zero-order valence-corrected chi connectivity index (χ0v) is 9.12. The number of likely N-dealkylation sites (tertiary alicyclic amines) is 1. The summed E-state index contributed by atoms with van der Waals surface area (Å²) >= 11 is 0. The summed E-state index contributed by atoms with van der Waals surface area (Å²) < 4.78 is 0. The van der Waals surface area contributed by atoms with E-state index in [9.17, 15) is 4.79 Å². The molecule has 0 radical (unpaired) electrons. The number of nitrogens with two attached hydrogens (primary N) is 1. The second-order valence-corrected chi connectivity index (χ2v) is 4.23. The number of likely N-dealkylation sites (N-methyl/N-ethyl adjacent to an activating group) is 1. The summed E-state index contributed by atoms with van der Waals surface area (Å²) in [6.45, 7) is 2.25. The fourth-order valence-electron chi connectivity index (χ4n) is 2.12. The number of nitrogens with one attached hydrogen (secondary N) is 1. The van der Waals surface area contributed by atoms with Gasteiger partial charge in [-0.1, -0.05) is 0 Å². The molecule has 1 aliphatic rings. The molecular formula is C10H21N3O. The van der Waals surface area contributed by atoms with Gasteiger partial charge in [0.2, 0.25) is 5.91 Å². The first-order valence-corrected chi connectivity index (χ1v) is 5.29. The van der Waals surface area contributed by atoms with E-state index >= 15 is 0 Å². The Kier molecular flexibility index (Phi) is 4.35. The molecule has 4 nitrogen and oxygen atoms in total. The van der Waals surface area contributed by atoms with E-state index in [2.05, 4.69) is 17.3 Å². The summed E-state index contributed by atoms with van der Waals surface area (Å²) in [7, 11) is 3.76. The third-order valence-electron chi connectivity index (χ3n) is 2.89. The number of piperidine rings is 1. The van der Waals surface area contributed by atoms with Crippen molar-refractivity contribution in [2.45, 2.75) is 25.3 Å². The van der Waals surface area contributed by atoms with Crippen LogP contribution in [0.25, 0.3) is 0 Å². The minimum Gasteiger partial charge on any atom is -0.358 e. The van der Waals surface area contributed by atoms with Gasteiger partial charge in [-0.05, 0) is 38.8 Å². The third-order valence-corrected chi connectivity index (χ3v) is 2.89. The van der Waals surface area contributed by atoms with Crippen LogP contribution in [0.4, 0.5) is 0 Å². The predicted octanol–water partition coefficient (Wildman–Crippen LogP) is -0.208. The van der Waals surface area contributed by atoms with Gasteiger partial charge < -0.3 is 16.0 Å². The number of carbonyl (C=O) groups is 1. The Morgan fingerprint density at radius 2 is 2.43 bits per heavy atom. The topological polar surface area (TPSA) is 58.4 Å². The molecule has 3 N–H and O–H groups in total. The van der Waals surface area contributed by atoms with Gasteiger partial charge in [0.25, 0.3) is 0 Å². The molecule has 0 aromatic carbocycles. The molecule has 0 aromatic heterocycles. The van der Waals surface area contributed by atoms with Crippen LogP contribution in [0.3, 0.4) is 0 Å². The van der Waals surface area contributed by atoms with Crippen molar-refractivity contribution in [3.63, 3.8) is 0 Å². The quantitative estimate of drug-likeness (QED) is 0.661. The number of nitrogens with zero attached hydrogens (tertiary/aromatic N) is 1. The molecule has 0 aliphatic carbocycles. The van der Waals surface area contributed by atoms with E-state index in [1.54, 1.807) is 7.05 Å². The van der Waals surface area contributed by atoms with Crippen LogP contribution >= 0.6 is 0 Å². The van der Waals surface area contributed by atoms with Gasteiger partial charge in [0, 0.05) is 13.6 Å². The molecule has 1 fully saturated rings. The standard InChI is InChI=1S/C10H21N3O/c1-12-10(14)9(11)6-8-4-3-5-13(2)7-8/h8-9H,3-7,11H2,1-2H3,(H,12,14). The molecule has 1 saturated heterocycles. The van der Waals surface area contributed by atoms with E-state index in [1.807, 2.05) is 0 Å². The van der Waals surface area contributed by atoms with Crippen LogP contribution in [-0.2, 0) is 4.79 Å². The molecule has 1 aliphatic heterocycles. The van der Waals surface area contributed by atoms with E-state index in [0.29, 0.717) is 5.92 Å². The first-order valence-electron chi connectivity index (χ1n) is 5.29. The van der Waals surface area contributed by atoms with Crippen LogP contribution in [0.1, 0.15) is 19.3 Å². The fourth-order valence-corrected chi connectivity index (χ4v) is 2.12. The predicted molar refractivity (Wildman–Crippen MR) is 56.9 cm³/mol. The second-order valence-electron chi connectivity index (χ2n) is 4.23. The van der Waals surface area contributed by atoms with Gasteiger partial charge in [0.1, 0.15) is 0 Å². The largest absolute Gasteiger partial charge is 0.358 e. The van der Waals surface area contributed by atoms with Crippen LogP contribution in [-0.4, -0.2) is 44.0 Å². The lowest BCUT2D eigenvalue weighted by Gasteiger charge is -2.30. The molecule has 14 heavy (non-hydrogen) atoms. The minimum absolute atomic E-state index is 0.0433. The zero-order valence-electron chi connectivity index (χ0n) is 9.12. The maximum absolute atomic E-state index is 11.2. The van der Waals surface area contributed by atoms with Crippen molar-refractivity contribution in [1.29, 1.82) is 0 Å².